The fourth-order valence-electron chi connectivity index (χ4n) is 6.01. The normalized spacial score (nSPS) is 22.1. The van der Waals surface area contributed by atoms with E-state index in [2.05, 4.69) is 15.5 Å². The molecular weight excluding hydrogens is 481 g/mol. The third kappa shape index (κ3) is 3.68. The van der Waals surface area contributed by atoms with Crippen LogP contribution in [0.25, 0.3) is 16.9 Å². The number of amides is 2. The second kappa shape index (κ2) is 8.55. The van der Waals surface area contributed by atoms with Crippen LogP contribution >= 0.6 is 23.2 Å². The Hall–Kier alpha value is -3.06. The maximum atomic E-state index is 12.6. The minimum absolute atomic E-state index is 0.0377. The number of hydrogen-bond acceptors (Lipinski definition) is 3. The van der Waals surface area contributed by atoms with E-state index >= 15 is 0 Å². The molecule has 6 rings (SSSR count). The Morgan fingerprint density at radius 1 is 1.06 bits per heavy atom. The maximum absolute atomic E-state index is 12.6. The lowest BCUT2D eigenvalue weighted by atomic mass is 9.86. The molecule has 2 fully saturated rings. The van der Waals surface area contributed by atoms with E-state index in [0.717, 1.165) is 47.5 Å². The van der Waals surface area contributed by atoms with Crippen molar-refractivity contribution >= 4 is 34.9 Å². The molecule has 0 aliphatic carbocycles. The van der Waals surface area contributed by atoms with Gasteiger partial charge < -0.3 is 15.0 Å². The number of fused-ring (bicyclic) bond motifs is 3. The number of benzene rings is 2. The summed E-state index contributed by atoms with van der Waals surface area (Å²) >= 11 is 12.8. The molecule has 2 bridgehead atoms. The molecule has 4 heterocycles. The summed E-state index contributed by atoms with van der Waals surface area (Å²) in [6.45, 7) is 2.07. The average molecular weight is 506 g/mol. The Labute approximate surface area is 213 Å². The van der Waals surface area contributed by atoms with Crippen molar-refractivity contribution in [3.05, 3.63) is 94.2 Å². The van der Waals surface area contributed by atoms with Gasteiger partial charge in [-0.05, 0) is 48.7 Å². The van der Waals surface area contributed by atoms with Crippen molar-refractivity contribution in [2.45, 2.75) is 31.0 Å². The van der Waals surface area contributed by atoms with Crippen molar-refractivity contribution < 1.29 is 4.79 Å². The van der Waals surface area contributed by atoms with Crippen LogP contribution in [0.15, 0.2) is 72.9 Å². The van der Waals surface area contributed by atoms with Crippen LogP contribution in [0.1, 0.15) is 24.1 Å². The van der Waals surface area contributed by atoms with E-state index in [0.29, 0.717) is 23.1 Å². The van der Waals surface area contributed by atoms with Gasteiger partial charge in [-0.15, -0.1) is 0 Å². The van der Waals surface area contributed by atoms with Gasteiger partial charge in [-0.25, -0.2) is 9.78 Å². The number of pyridine rings is 1. The van der Waals surface area contributed by atoms with E-state index in [1.165, 1.54) is 0 Å². The van der Waals surface area contributed by atoms with Crippen molar-refractivity contribution in [1.29, 1.82) is 0 Å². The standard InChI is InChI=1S/C27H25Cl2N5O/c28-19-10-8-18(9-11-19)25-23(33-14-4-3-7-24(33)31-25)16-32-15-20-12-13-27(17-32,34(20)26(30)35)21-5-1-2-6-22(21)29/h1-11,14,20H,12-13,15-17H2,(H2,30,35). The Bertz CT molecular complexity index is 1420. The van der Waals surface area contributed by atoms with Gasteiger partial charge in [0.2, 0.25) is 0 Å². The third-order valence-electron chi connectivity index (χ3n) is 7.40. The number of carbonyl (C=O) groups excluding carboxylic acids is 1. The number of likely N-dealkylation sites (tertiary alicyclic amines) is 1. The zero-order chi connectivity index (χ0) is 24.2. The van der Waals surface area contributed by atoms with Crippen molar-refractivity contribution in [1.82, 2.24) is 19.2 Å². The number of nitrogens with zero attached hydrogens (tertiary/aromatic N) is 4. The van der Waals surface area contributed by atoms with E-state index in [1.807, 2.05) is 71.6 Å². The summed E-state index contributed by atoms with van der Waals surface area (Å²) < 4.78 is 2.15. The Morgan fingerprint density at radius 3 is 2.60 bits per heavy atom. The van der Waals surface area contributed by atoms with Gasteiger partial charge in [0.15, 0.2) is 0 Å². The summed E-state index contributed by atoms with van der Waals surface area (Å²) in [6, 6.07) is 21.3. The Balaban J connectivity index is 1.42. The average Bonchev–Trinajstić information content (AvgIpc) is 3.33. The van der Waals surface area contributed by atoms with Gasteiger partial charge in [0, 0.05) is 47.5 Å². The van der Waals surface area contributed by atoms with E-state index < -0.39 is 5.54 Å². The van der Waals surface area contributed by atoms with Crippen LogP contribution in [-0.4, -0.2) is 44.3 Å². The highest BCUT2D eigenvalue weighted by molar-refractivity contribution is 6.31. The van der Waals surface area contributed by atoms with E-state index in [4.69, 9.17) is 33.9 Å². The van der Waals surface area contributed by atoms with Gasteiger partial charge in [0.25, 0.3) is 0 Å². The number of aromatic nitrogens is 2. The summed E-state index contributed by atoms with van der Waals surface area (Å²) in [7, 11) is 0. The molecule has 0 spiro atoms. The van der Waals surface area contributed by atoms with E-state index in [9.17, 15) is 4.79 Å². The number of piperazine rings is 1. The first-order valence-electron chi connectivity index (χ1n) is 11.7. The molecule has 2 unspecified atom stereocenters. The van der Waals surface area contributed by atoms with Crippen molar-refractivity contribution in [3.63, 3.8) is 0 Å². The smallest absolute Gasteiger partial charge is 0.315 e. The minimum Gasteiger partial charge on any atom is -0.351 e. The topological polar surface area (TPSA) is 66.9 Å². The first-order valence-corrected chi connectivity index (χ1v) is 12.5. The van der Waals surface area contributed by atoms with Crippen LogP contribution in [0, 0.1) is 0 Å². The van der Waals surface area contributed by atoms with Crippen LogP contribution in [-0.2, 0) is 12.1 Å². The first-order chi connectivity index (χ1) is 17.0. The molecule has 2 atom stereocenters. The van der Waals surface area contributed by atoms with Gasteiger partial charge in [-0.3, -0.25) is 4.90 Å². The fraction of sp³-hybridized carbons (Fsp3) is 0.259. The van der Waals surface area contributed by atoms with Gasteiger partial charge >= 0.3 is 6.03 Å². The summed E-state index contributed by atoms with van der Waals surface area (Å²) in [5.41, 5.74) is 10.3. The van der Waals surface area contributed by atoms with Gasteiger partial charge in [-0.1, -0.05) is 59.6 Å². The number of carbonyl (C=O) groups is 1. The zero-order valence-corrected chi connectivity index (χ0v) is 20.6. The highest BCUT2D eigenvalue weighted by Crippen LogP contribution is 2.48. The molecule has 8 heteroatoms. The molecular formula is C27H25Cl2N5O. The SMILES string of the molecule is NC(=O)N1C2CCC1(c1ccccc1Cl)CN(Cc1c(-c3ccc(Cl)cc3)nc3ccccn13)C2. The lowest BCUT2D eigenvalue weighted by Gasteiger charge is -2.49. The van der Waals surface area contributed by atoms with Gasteiger partial charge in [0.05, 0.1) is 16.9 Å². The lowest BCUT2D eigenvalue weighted by molar-refractivity contribution is 0.0249. The summed E-state index contributed by atoms with van der Waals surface area (Å²) in [5, 5.41) is 1.36. The molecule has 0 radical (unpaired) electrons. The number of nitrogens with two attached hydrogens (primary N) is 1. The number of halogens is 2. The number of imidazole rings is 1. The van der Waals surface area contributed by atoms with E-state index in [1.54, 1.807) is 0 Å². The molecule has 2 aromatic carbocycles. The number of hydrogen-bond donors (Lipinski definition) is 1. The predicted molar refractivity (Wildman–Crippen MR) is 138 cm³/mol. The predicted octanol–water partition coefficient (Wildman–Crippen LogP) is 5.56. The largest absolute Gasteiger partial charge is 0.351 e. The minimum atomic E-state index is -0.548. The van der Waals surface area contributed by atoms with Crippen molar-refractivity contribution in [2.75, 3.05) is 13.1 Å². The highest BCUT2D eigenvalue weighted by Gasteiger charge is 2.54. The number of rotatable bonds is 4. The fourth-order valence-corrected chi connectivity index (χ4v) is 6.45. The first kappa shape index (κ1) is 22.4. The second-order valence-corrected chi connectivity index (χ2v) is 10.3. The second-order valence-electron chi connectivity index (χ2n) is 9.42. The Morgan fingerprint density at radius 2 is 1.83 bits per heavy atom. The van der Waals surface area contributed by atoms with Gasteiger partial charge in [-0.2, -0.15) is 0 Å². The quantitative estimate of drug-likeness (QED) is 0.394. The van der Waals surface area contributed by atoms with Crippen molar-refractivity contribution in [3.8, 4) is 11.3 Å². The molecule has 2 aliphatic heterocycles. The Kier molecular flexibility index (Phi) is 5.48. The summed E-state index contributed by atoms with van der Waals surface area (Å²) in [4.78, 5) is 21.9. The summed E-state index contributed by atoms with van der Waals surface area (Å²) in [6.07, 6.45) is 3.77. The molecule has 2 N–H and O–H groups in total. The number of urea groups is 1. The summed E-state index contributed by atoms with van der Waals surface area (Å²) in [5.74, 6) is 0. The molecule has 2 amide bonds. The third-order valence-corrected chi connectivity index (χ3v) is 7.99. The molecule has 35 heavy (non-hydrogen) atoms. The van der Waals surface area contributed by atoms with Gasteiger partial charge in [0.1, 0.15) is 5.65 Å². The molecule has 6 nitrogen and oxygen atoms in total. The van der Waals surface area contributed by atoms with Crippen LogP contribution in [0.5, 0.6) is 0 Å². The lowest BCUT2D eigenvalue weighted by Crippen LogP contribution is -2.62. The molecule has 4 aromatic rings. The van der Waals surface area contributed by atoms with Crippen molar-refractivity contribution in [2.24, 2.45) is 5.73 Å². The van der Waals surface area contributed by atoms with Crippen LogP contribution in [0.3, 0.4) is 0 Å². The monoisotopic (exact) mass is 505 g/mol. The number of primary amides is 1. The zero-order valence-electron chi connectivity index (χ0n) is 19.1. The van der Waals surface area contributed by atoms with Crippen LogP contribution < -0.4 is 5.73 Å². The molecule has 2 saturated heterocycles. The molecule has 2 aliphatic rings. The molecule has 2 aromatic heterocycles. The van der Waals surface area contributed by atoms with E-state index in [-0.39, 0.29) is 12.1 Å². The maximum Gasteiger partial charge on any atom is 0.315 e. The van der Waals surface area contributed by atoms with Crippen LogP contribution in [0.4, 0.5) is 4.79 Å². The molecule has 0 saturated carbocycles. The van der Waals surface area contributed by atoms with Crippen LogP contribution in [0.2, 0.25) is 10.0 Å². The molecule has 178 valence electrons. The highest BCUT2D eigenvalue weighted by atomic mass is 35.5.